The van der Waals surface area contributed by atoms with Gasteiger partial charge in [0.2, 0.25) is 0 Å². The summed E-state index contributed by atoms with van der Waals surface area (Å²) in [5.74, 6) is -4.83. The summed E-state index contributed by atoms with van der Waals surface area (Å²) >= 11 is 9.46. The normalized spacial score (nSPS) is 14.0. The van der Waals surface area contributed by atoms with Crippen LogP contribution in [0.15, 0.2) is 0 Å². The summed E-state index contributed by atoms with van der Waals surface area (Å²) in [4.78, 5) is 20.9. The zero-order valence-corrected chi connectivity index (χ0v) is 9.47. The van der Waals surface area contributed by atoms with Gasteiger partial charge in [0.05, 0.1) is 12.5 Å². The van der Waals surface area contributed by atoms with Crippen molar-refractivity contribution in [3.8, 4) is 0 Å². The number of thiocarbonyl (C=S) groups is 2. The third kappa shape index (κ3) is 3.61. The molecule has 0 amide bonds. The fraction of sp³-hybridized carbons (Fsp3) is 0.500. The van der Waals surface area contributed by atoms with Crippen molar-refractivity contribution in [3.05, 3.63) is 0 Å². The molecule has 0 heterocycles. The van der Waals surface area contributed by atoms with Gasteiger partial charge in [0.25, 0.3) is 0 Å². The van der Waals surface area contributed by atoms with Crippen molar-refractivity contribution in [1.29, 1.82) is 0 Å². The highest BCUT2D eigenvalue weighted by molar-refractivity contribution is 7.89. The lowest BCUT2D eigenvalue weighted by molar-refractivity contribution is -0.141. The van der Waals surface area contributed by atoms with E-state index in [0.717, 1.165) is 0 Å². The maximum atomic E-state index is 10.6. The second-order valence-corrected chi connectivity index (χ2v) is 3.74. The quantitative estimate of drug-likeness (QED) is 0.577. The average Bonchev–Trinajstić information content (AvgIpc) is 2.15. The van der Waals surface area contributed by atoms with Gasteiger partial charge in [-0.1, -0.05) is 24.4 Å². The Labute approximate surface area is 96.7 Å². The van der Waals surface area contributed by atoms with Crippen molar-refractivity contribution in [1.82, 2.24) is 0 Å². The van der Waals surface area contributed by atoms with E-state index >= 15 is 0 Å². The summed E-state index contributed by atoms with van der Waals surface area (Å²) in [6.07, 6.45) is 0. The predicted molar refractivity (Wildman–Crippen MR) is 60.2 cm³/mol. The van der Waals surface area contributed by atoms with Gasteiger partial charge in [0.15, 0.2) is 0 Å². The number of carboxylic acids is 2. The van der Waals surface area contributed by atoms with E-state index in [0.29, 0.717) is 0 Å². The molecule has 84 valence electrons. The summed E-state index contributed by atoms with van der Waals surface area (Å²) < 4.78 is 0. The van der Waals surface area contributed by atoms with Crippen molar-refractivity contribution in [2.45, 2.75) is 6.92 Å². The molecule has 5 nitrogen and oxygen atoms in total. The van der Waals surface area contributed by atoms with E-state index < -0.39 is 30.4 Å². The van der Waals surface area contributed by atoms with Crippen LogP contribution in [0.25, 0.3) is 0 Å². The lowest BCUT2D eigenvalue weighted by Crippen LogP contribution is -2.35. The first-order chi connectivity index (χ1) is 6.82. The largest absolute Gasteiger partial charge is 0.481 e. The SMILES string of the molecule is CC(C(=O)O)C(=S)C(=S)C(CO)C(=O)O. The van der Waals surface area contributed by atoms with Gasteiger partial charge in [-0.25, -0.2) is 0 Å². The van der Waals surface area contributed by atoms with Crippen LogP contribution in [-0.2, 0) is 9.59 Å². The Bertz CT molecular complexity index is 312. The first-order valence-electron chi connectivity index (χ1n) is 3.97. The molecule has 0 spiro atoms. The Morgan fingerprint density at radius 1 is 1.13 bits per heavy atom. The topological polar surface area (TPSA) is 94.8 Å². The highest BCUT2D eigenvalue weighted by atomic mass is 32.1. The Kier molecular flexibility index (Phi) is 5.48. The van der Waals surface area contributed by atoms with E-state index in [9.17, 15) is 9.59 Å². The van der Waals surface area contributed by atoms with Gasteiger partial charge < -0.3 is 15.3 Å². The molecule has 2 atom stereocenters. The minimum absolute atomic E-state index is 0.126. The monoisotopic (exact) mass is 250 g/mol. The van der Waals surface area contributed by atoms with Crippen LogP contribution in [0, 0.1) is 11.8 Å². The molecule has 0 aromatic rings. The fourth-order valence-electron chi connectivity index (χ4n) is 0.770. The van der Waals surface area contributed by atoms with Crippen molar-refractivity contribution in [2.24, 2.45) is 11.8 Å². The number of aliphatic carboxylic acids is 2. The molecule has 0 saturated heterocycles. The van der Waals surface area contributed by atoms with Gasteiger partial charge in [-0.15, -0.1) is 0 Å². The number of carbonyl (C=O) groups is 2. The van der Waals surface area contributed by atoms with E-state index in [1.165, 1.54) is 6.92 Å². The van der Waals surface area contributed by atoms with Gasteiger partial charge in [-0.05, 0) is 6.92 Å². The Morgan fingerprint density at radius 2 is 1.60 bits per heavy atom. The first-order valence-corrected chi connectivity index (χ1v) is 4.79. The Hall–Kier alpha value is -0.920. The second-order valence-electron chi connectivity index (χ2n) is 2.86. The maximum absolute atomic E-state index is 10.6. The number of carboxylic acid groups (broad SMARTS) is 2. The molecule has 0 saturated carbocycles. The van der Waals surface area contributed by atoms with Crippen molar-refractivity contribution in [2.75, 3.05) is 6.61 Å². The molecule has 0 aromatic carbocycles. The van der Waals surface area contributed by atoms with Gasteiger partial charge >= 0.3 is 11.9 Å². The van der Waals surface area contributed by atoms with E-state index in [-0.39, 0.29) is 9.73 Å². The minimum atomic E-state index is -1.32. The molecule has 0 radical (unpaired) electrons. The molecule has 0 aromatic heterocycles. The lowest BCUT2D eigenvalue weighted by Gasteiger charge is -2.14. The van der Waals surface area contributed by atoms with Crippen LogP contribution in [0.3, 0.4) is 0 Å². The molecule has 0 aliphatic carbocycles. The molecular formula is C8H10O5S2. The molecule has 0 bridgehead atoms. The third-order valence-corrected chi connectivity index (χ3v) is 3.01. The van der Waals surface area contributed by atoms with Crippen LogP contribution < -0.4 is 0 Å². The molecular weight excluding hydrogens is 240 g/mol. The molecule has 0 aliphatic heterocycles. The summed E-state index contributed by atoms with van der Waals surface area (Å²) in [5, 5.41) is 26.1. The third-order valence-electron chi connectivity index (χ3n) is 1.80. The second kappa shape index (κ2) is 5.84. The molecule has 2 unspecified atom stereocenters. The van der Waals surface area contributed by atoms with Crippen LogP contribution in [-0.4, -0.2) is 43.6 Å². The molecule has 0 rings (SSSR count). The van der Waals surface area contributed by atoms with Crippen molar-refractivity contribution in [3.63, 3.8) is 0 Å². The van der Waals surface area contributed by atoms with Crippen LogP contribution >= 0.6 is 24.4 Å². The zero-order valence-electron chi connectivity index (χ0n) is 7.84. The number of aliphatic hydroxyl groups is 1. The maximum Gasteiger partial charge on any atom is 0.314 e. The standard InChI is InChI=1S/C8H10O5S2/c1-3(7(10)11)5(14)6(15)4(2-9)8(12)13/h3-4,9H,2H2,1H3,(H,10,11)(H,12,13). The van der Waals surface area contributed by atoms with Crippen LogP contribution in [0.5, 0.6) is 0 Å². The van der Waals surface area contributed by atoms with Crippen LogP contribution in [0.1, 0.15) is 6.92 Å². The molecule has 7 heteroatoms. The molecule has 15 heavy (non-hydrogen) atoms. The molecule has 0 aliphatic rings. The molecule has 0 fully saturated rings. The number of rotatable bonds is 6. The zero-order chi connectivity index (χ0) is 12.2. The summed E-state index contributed by atoms with van der Waals surface area (Å²) in [6.45, 7) is 0.619. The van der Waals surface area contributed by atoms with Crippen LogP contribution in [0.4, 0.5) is 0 Å². The lowest BCUT2D eigenvalue weighted by atomic mass is 9.97. The summed E-state index contributed by atoms with van der Waals surface area (Å²) in [7, 11) is 0. The minimum Gasteiger partial charge on any atom is -0.481 e. The Balaban J connectivity index is 4.77. The van der Waals surface area contributed by atoms with Crippen molar-refractivity contribution >= 4 is 46.1 Å². The predicted octanol–water partition coefficient (Wildman–Crippen LogP) is 0.140. The average molecular weight is 250 g/mol. The van der Waals surface area contributed by atoms with Crippen molar-refractivity contribution < 1.29 is 24.9 Å². The van der Waals surface area contributed by atoms with Crippen LogP contribution in [0.2, 0.25) is 0 Å². The number of hydrogen-bond donors (Lipinski definition) is 3. The summed E-state index contributed by atoms with van der Waals surface area (Å²) in [6, 6.07) is 0. The molecule has 3 N–H and O–H groups in total. The summed E-state index contributed by atoms with van der Waals surface area (Å²) in [5.41, 5.74) is 0. The van der Waals surface area contributed by atoms with E-state index in [2.05, 4.69) is 0 Å². The highest BCUT2D eigenvalue weighted by Crippen LogP contribution is 2.10. The fourth-order valence-corrected chi connectivity index (χ4v) is 1.37. The van der Waals surface area contributed by atoms with Gasteiger partial charge in [-0.2, -0.15) is 0 Å². The first kappa shape index (κ1) is 14.1. The van der Waals surface area contributed by atoms with E-state index in [1.54, 1.807) is 0 Å². The van der Waals surface area contributed by atoms with E-state index in [1.807, 2.05) is 0 Å². The number of hydrogen-bond acceptors (Lipinski definition) is 5. The number of aliphatic hydroxyl groups excluding tert-OH is 1. The van der Waals surface area contributed by atoms with E-state index in [4.69, 9.17) is 39.8 Å². The highest BCUT2D eigenvalue weighted by Gasteiger charge is 2.29. The van der Waals surface area contributed by atoms with Gasteiger partial charge in [0, 0.05) is 9.73 Å². The van der Waals surface area contributed by atoms with Gasteiger partial charge in [-0.3, -0.25) is 9.59 Å². The van der Waals surface area contributed by atoms with Gasteiger partial charge in [0.1, 0.15) is 5.92 Å². The Morgan fingerprint density at radius 3 is 1.87 bits per heavy atom. The smallest absolute Gasteiger partial charge is 0.314 e.